The topological polar surface area (TPSA) is 31.6 Å². The maximum absolute atomic E-state index is 3.15. The van der Waals surface area contributed by atoms with Crippen LogP contribution >= 0.6 is 0 Å². The van der Waals surface area contributed by atoms with Gasteiger partial charge in [0.05, 0.1) is 0 Å². The minimum Gasteiger partial charge on any atom is -0.365 e. The third-order valence-corrected chi connectivity index (χ3v) is 2.43. The summed E-state index contributed by atoms with van der Waals surface area (Å²) in [6.07, 6.45) is 8.17. The van der Waals surface area contributed by atoms with Crippen LogP contribution in [-0.2, 0) is 0 Å². The van der Waals surface area contributed by atoms with E-state index in [-0.39, 0.29) is 0 Å². The lowest BCUT2D eigenvalue weighted by atomic mass is 10.2. The van der Waals surface area contributed by atoms with E-state index in [1.54, 1.807) is 0 Å². The molecule has 0 fully saturated rings. The smallest absolute Gasteiger partial charge is 0.0189 e. The van der Waals surface area contributed by atoms with Gasteiger partial charge in [0.25, 0.3) is 0 Å². The van der Waals surface area contributed by atoms with E-state index in [9.17, 15) is 0 Å². The number of rotatable bonds is 2. The molecule has 0 aliphatic rings. The first-order valence-corrected chi connectivity index (χ1v) is 4.73. The fourth-order valence-electron chi connectivity index (χ4n) is 1.47. The van der Waals surface area contributed by atoms with Crippen LogP contribution in [0.3, 0.4) is 0 Å². The summed E-state index contributed by atoms with van der Waals surface area (Å²) in [4.78, 5) is 6.31. The molecule has 0 aliphatic heterocycles. The molecule has 14 heavy (non-hydrogen) atoms. The predicted octanol–water partition coefficient (Wildman–Crippen LogP) is 3.13. The Bertz CT molecular complexity index is 404. The number of aromatic amines is 2. The maximum Gasteiger partial charge on any atom is 0.0189 e. The van der Waals surface area contributed by atoms with E-state index < -0.39 is 0 Å². The number of hydrogen-bond donors (Lipinski definition) is 2. The van der Waals surface area contributed by atoms with E-state index in [1.807, 2.05) is 12.4 Å². The molecule has 2 heteroatoms. The van der Waals surface area contributed by atoms with Crippen molar-refractivity contribution in [3.8, 4) is 0 Å². The first kappa shape index (κ1) is 8.88. The molecule has 0 aromatic carbocycles. The van der Waals surface area contributed by atoms with Crippen LogP contribution in [0.15, 0.2) is 24.5 Å². The average molecular weight is 186 g/mol. The van der Waals surface area contributed by atoms with Gasteiger partial charge in [-0.15, -0.1) is 0 Å². The van der Waals surface area contributed by atoms with Crippen LogP contribution in [0, 0.1) is 13.8 Å². The molecule has 0 aliphatic carbocycles. The molecule has 0 atom stereocenters. The summed E-state index contributed by atoms with van der Waals surface area (Å²) in [5, 5.41) is 0. The SMILES string of the molecule is Cc1[nH]ccc1/C=C/c1cc[nH]c1C. The molecule has 2 nitrogen and oxygen atoms in total. The normalized spacial score (nSPS) is 11.3. The lowest BCUT2D eigenvalue weighted by Gasteiger charge is -1.91. The van der Waals surface area contributed by atoms with Gasteiger partial charge >= 0.3 is 0 Å². The highest BCUT2D eigenvalue weighted by Crippen LogP contribution is 2.12. The van der Waals surface area contributed by atoms with E-state index in [0.29, 0.717) is 0 Å². The van der Waals surface area contributed by atoms with Gasteiger partial charge < -0.3 is 9.97 Å². The van der Waals surface area contributed by atoms with Crippen LogP contribution in [-0.4, -0.2) is 9.97 Å². The molecule has 0 saturated carbocycles. The second-order valence-corrected chi connectivity index (χ2v) is 3.45. The Labute approximate surface area is 83.7 Å². The number of aryl methyl sites for hydroxylation is 2. The Morgan fingerprint density at radius 2 is 1.29 bits per heavy atom. The monoisotopic (exact) mass is 186 g/mol. The first-order valence-electron chi connectivity index (χ1n) is 4.73. The molecule has 0 bridgehead atoms. The number of hydrogen-bond acceptors (Lipinski definition) is 0. The van der Waals surface area contributed by atoms with Gasteiger partial charge in [-0.1, -0.05) is 12.2 Å². The largest absolute Gasteiger partial charge is 0.365 e. The van der Waals surface area contributed by atoms with Crippen LogP contribution in [0.5, 0.6) is 0 Å². The highest BCUT2D eigenvalue weighted by atomic mass is 14.7. The molecular weight excluding hydrogens is 172 g/mol. The number of nitrogens with one attached hydrogen (secondary N) is 2. The van der Waals surface area contributed by atoms with E-state index in [4.69, 9.17) is 0 Å². The Kier molecular flexibility index (Phi) is 2.27. The van der Waals surface area contributed by atoms with Crippen molar-refractivity contribution >= 4 is 12.2 Å². The quantitative estimate of drug-likeness (QED) is 0.722. The highest BCUT2D eigenvalue weighted by molar-refractivity contribution is 5.71. The molecule has 2 N–H and O–H groups in total. The van der Waals surface area contributed by atoms with E-state index >= 15 is 0 Å². The lowest BCUT2D eigenvalue weighted by Crippen LogP contribution is -1.75. The van der Waals surface area contributed by atoms with Gasteiger partial charge in [0.1, 0.15) is 0 Å². The lowest BCUT2D eigenvalue weighted by molar-refractivity contribution is 1.26. The molecule has 0 amide bonds. The van der Waals surface area contributed by atoms with Crippen molar-refractivity contribution in [3.05, 3.63) is 47.0 Å². The summed E-state index contributed by atoms with van der Waals surface area (Å²) >= 11 is 0. The van der Waals surface area contributed by atoms with Crippen molar-refractivity contribution in [1.29, 1.82) is 0 Å². The van der Waals surface area contributed by atoms with Gasteiger partial charge in [0, 0.05) is 23.8 Å². The molecule has 2 aromatic heterocycles. The van der Waals surface area contributed by atoms with Crippen LogP contribution < -0.4 is 0 Å². The number of H-pyrrole nitrogens is 2. The zero-order valence-electron chi connectivity index (χ0n) is 8.46. The standard InChI is InChI=1S/C12H14N2/c1-9-11(5-7-13-9)3-4-12-6-8-14-10(12)2/h3-8,13-14H,1-2H3/b4-3+. The van der Waals surface area contributed by atoms with Crippen LogP contribution in [0.1, 0.15) is 22.5 Å². The van der Waals surface area contributed by atoms with Gasteiger partial charge in [-0.3, -0.25) is 0 Å². The third-order valence-electron chi connectivity index (χ3n) is 2.43. The van der Waals surface area contributed by atoms with E-state index in [2.05, 4.69) is 48.1 Å². The summed E-state index contributed by atoms with van der Waals surface area (Å²) < 4.78 is 0. The molecular formula is C12H14N2. The van der Waals surface area contributed by atoms with Crippen molar-refractivity contribution in [2.45, 2.75) is 13.8 Å². The van der Waals surface area contributed by atoms with Crippen LogP contribution in [0.4, 0.5) is 0 Å². The third kappa shape index (κ3) is 1.64. The summed E-state index contributed by atoms with van der Waals surface area (Å²) in [5.74, 6) is 0. The van der Waals surface area contributed by atoms with Gasteiger partial charge in [-0.05, 0) is 37.1 Å². The summed E-state index contributed by atoms with van der Waals surface area (Å²) in [6.45, 7) is 4.15. The van der Waals surface area contributed by atoms with Crippen LogP contribution in [0.25, 0.3) is 12.2 Å². The van der Waals surface area contributed by atoms with E-state index in [1.165, 1.54) is 22.5 Å². The average Bonchev–Trinajstić information content (AvgIpc) is 2.72. The van der Waals surface area contributed by atoms with Crippen molar-refractivity contribution in [1.82, 2.24) is 9.97 Å². The molecule has 72 valence electrons. The number of aromatic nitrogens is 2. The van der Waals surface area contributed by atoms with Crippen LogP contribution in [0.2, 0.25) is 0 Å². The Morgan fingerprint density at radius 1 is 0.857 bits per heavy atom. The second-order valence-electron chi connectivity index (χ2n) is 3.45. The molecule has 2 aromatic rings. The first-order chi connectivity index (χ1) is 6.77. The van der Waals surface area contributed by atoms with Crippen molar-refractivity contribution < 1.29 is 0 Å². The van der Waals surface area contributed by atoms with E-state index in [0.717, 1.165) is 0 Å². The Morgan fingerprint density at radius 3 is 1.57 bits per heavy atom. The maximum atomic E-state index is 3.15. The van der Waals surface area contributed by atoms with Gasteiger partial charge in [0.2, 0.25) is 0 Å². The minimum atomic E-state index is 1.20. The zero-order chi connectivity index (χ0) is 9.97. The molecule has 2 rings (SSSR count). The summed E-state index contributed by atoms with van der Waals surface area (Å²) in [7, 11) is 0. The van der Waals surface area contributed by atoms with Gasteiger partial charge in [-0.25, -0.2) is 0 Å². The Balaban J connectivity index is 2.23. The fourth-order valence-corrected chi connectivity index (χ4v) is 1.47. The van der Waals surface area contributed by atoms with Crippen molar-refractivity contribution in [3.63, 3.8) is 0 Å². The molecule has 0 unspecified atom stereocenters. The Hall–Kier alpha value is -1.70. The zero-order valence-corrected chi connectivity index (χ0v) is 8.46. The molecule has 0 spiro atoms. The molecule has 2 heterocycles. The molecule has 0 saturated heterocycles. The van der Waals surface area contributed by atoms with Gasteiger partial charge in [-0.2, -0.15) is 0 Å². The van der Waals surface area contributed by atoms with Gasteiger partial charge in [0.15, 0.2) is 0 Å². The highest BCUT2D eigenvalue weighted by Gasteiger charge is 1.95. The van der Waals surface area contributed by atoms with Crippen molar-refractivity contribution in [2.75, 3.05) is 0 Å². The summed E-state index contributed by atoms with van der Waals surface area (Å²) in [5.41, 5.74) is 4.89. The minimum absolute atomic E-state index is 1.20. The predicted molar refractivity (Wildman–Crippen MR) is 60.0 cm³/mol. The second kappa shape index (κ2) is 3.58. The fraction of sp³-hybridized carbons (Fsp3) is 0.167. The summed E-state index contributed by atoms with van der Waals surface area (Å²) in [6, 6.07) is 4.15. The molecule has 0 radical (unpaired) electrons. The van der Waals surface area contributed by atoms with Crippen molar-refractivity contribution in [2.24, 2.45) is 0 Å².